The Hall–Kier alpha value is -3.39. The van der Waals surface area contributed by atoms with Crippen LogP contribution in [0.2, 0.25) is 5.15 Å². The number of fused-ring (bicyclic) bond motifs is 1. The Kier molecular flexibility index (Phi) is 6.46. The van der Waals surface area contributed by atoms with E-state index in [1.165, 1.54) is 16.3 Å². The molecule has 3 rings (SSSR count). The highest BCUT2D eigenvalue weighted by atomic mass is 35.5. The zero-order chi connectivity index (χ0) is 20.8. The van der Waals surface area contributed by atoms with Crippen LogP contribution in [-0.4, -0.2) is 28.4 Å². The number of aromatic nitrogens is 2. The van der Waals surface area contributed by atoms with E-state index in [1.54, 1.807) is 0 Å². The Morgan fingerprint density at radius 2 is 1.79 bits per heavy atom. The number of nitrogens with two attached hydrogens (primary N) is 3. The lowest BCUT2D eigenvalue weighted by Gasteiger charge is -2.07. The molecule has 7 N–H and O–H groups in total. The molecule has 0 bridgehead atoms. The number of hydrogen-bond acceptors (Lipinski definition) is 6. The number of carbonyl (C=O) groups excluding carboxylic acids is 1. The minimum atomic E-state index is -0.644. The second-order valence-corrected chi connectivity index (χ2v) is 6.85. The zero-order valence-corrected chi connectivity index (χ0v) is 16.5. The van der Waals surface area contributed by atoms with Crippen molar-refractivity contribution >= 4 is 45.9 Å². The Balaban J connectivity index is 1.47. The van der Waals surface area contributed by atoms with Crippen molar-refractivity contribution in [3.63, 3.8) is 0 Å². The smallest absolute Gasteiger partial charge is 0.280 e. The minimum absolute atomic E-state index is 0.0187. The highest BCUT2D eigenvalue weighted by Gasteiger charge is 2.16. The van der Waals surface area contributed by atoms with Gasteiger partial charge >= 0.3 is 0 Å². The van der Waals surface area contributed by atoms with Crippen LogP contribution in [0.1, 0.15) is 28.9 Å². The summed E-state index contributed by atoms with van der Waals surface area (Å²) in [6.07, 6.45) is 2.73. The molecule has 0 aliphatic rings. The third-order valence-corrected chi connectivity index (χ3v) is 4.61. The molecule has 3 aromatic rings. The molecule has 0 aliphatic heterocycles. The summed E-state index contributed by atoms with van der Waals surface area (Å²) in [4.78, 5) is 23.9. The molecule has 1 aromatic heterocycles. The standard InChI is InChI=1S/C20H22ClN7O/c21-16-18(23)27-17(22)15(26-16)19(29)28-20(24)25-10-4-3-5-12-8-9-13-6-1-2-7-14(13)11-12/h1-2,6-9,11H,3-5,10H2,(H4,22,23,27)(H3,24,25,28,29). The van der Waals surface area contributed by atoms with Crippen molar-refractivity contribution < 1.29 is 4.79 Å². The van der Waals surface area contributed by atoms with Gasteiger partial charge in [0.05, 0.1) is 0 Å². The molecule has 1 amide bonds. The van der Waals surface area contributed by atoms with Gasteiger partial charge in [0.25, 0.3) is 5.91 Å². The fourth-order valence-electron chi connectivity index (χ4n) is 2.86. The second-order valence-electron chi connectivity index (χ2n) is 6.49. The monoisotopic (exact) mass is 411 g/mol. The molecule has 0 saturated heterocycles. The quantitative estimate of drug-likeness (QED) is 0.278. The zero-order valence-electron chi connectivity index (χ0n) is 15.7. The molecule has 0 radical (unpaired) electrons. The normalized spacial score (nSPS) is 11.6. The summed E-state index contributed by atoms with van der Waals surface area (Å²) in [6, 6.07) is 14.8. The topological polar surface area (TPSA) is 145 Å². The van der Waals surface area contributed by atoms with Crippen molar-refractivity contribution in [3.8, 4) is 0 Å². The summed E-state index contributed by atoms with van der Waals surface area (Å²) in [5, 5.41) is 4.79. The van der Waals surface area contributed by atoms with Crippen LogP contribution in [0.5, 0.6) is 0 Å². The molecule has 0 fully saturated rings. The maximum Gasteiger partial charge on any atom is 0.280 e. The molecule has 2 aromatic carbocycles. The van der Waals surface area contributed by atoms with E-state index in [2.05, 4.69) is 50.6 Å². The number of rotatable bonds is 6. The third kappa shape index (κ3) is 5.32. The van der Waals surface area contributed by atoms with Gasteiger partial charge in [-0.15, -0.1) is 0 Å². The van der Waals surface area contributed by atoms with Crippen LogP contribution < -0.4 is 22.5 Å². The van der Waals surface area contributed by atoms with E-state index in [4.69, 9.17) is 28.8 Å². The van der Waals surface area contributed by atoms with Gasteiger partial charge in [-0.1, -0.05) is 54.1 Å². The summed E-state index contributed by atoms with van der Waals surface area (Å²) in [7, 11) is 0. The van der Waals surface area contributed by atoms with E-state index in [0.29, 0.717) is 6.54 Å². The molecular weight excluding hydrogens is 390 g/mol. The van der Waals surface area contributed by atoms with Crippen molar-refractivity contribution in [3.05, 3.63) is 58.9 Å². The number of hydrogen-bond donors (Lipinski definition) is 4. The van der Waals surface area contributed by atoms with Crippen LogP contribution in [0.15, 0.2) is 47.5 Å². The van der Waals surface area contributed by atoms with E-state index in [1.807, 2.05) is 12.1 Å². The molecule has 0 saturated carbocycles. The maximum absolute atomic E-state index is 12.2. The number of benzene rings is 2. The van der Waals surface area contributed by atoms with Gasteiger partial charge < -0.3 is 17.2 Å². The highest BCUT2D eigenvalue weighted by molar-refractivity contribution is 6.31. The number of aryl methyl sites for hydroxylation is 1. The molecule has 8 nitrogen and oxygen atoms in total. The van der Waals surface area contributed by atoms with Crippen LogP contribution in [0, 0.1) is 0 Å². The SMILES string of the molecule is NC(=NCCCCc1ccc2ccccc2c1)NC(=O)c1nc(Cl)c(N)nc1N. The van der Waals surface area contributed by atoms with Crippen molar-refractivity contribution in [1.82, 2.24) is 15.3 Å². The third-order valence-electron chi connectivity index (χ3n) is 4.33. The van der Waals surface area contributed by atoms with Gasteiger partial charge in [0.2, 0.25) is 0 Å². The summed E-state index contributed by atoms with van der Waals surface area (Å²) in [6.45, 7) is 0.489. The summed E-state index contributed by atoms with van der Waals surface area (Å²) < 4.78 is 0. The first kappa shape index (κ1) is 20.3. The Morgan fingerprint density at radius 3 is 2.59 bits per heavy atom. The molecule has 0 aliphatic carbocycles. The molecular formula is C20H22ClN7O. The van der Waals surface area contributed by atoms with Crippen LogP contribution in [-0.2, 0) is 6.42 Å². The number of amides is 1. The lowest BCUT2D eigenvalue weighted by Crippen LogP contribution is -2.38. The minimum Gasteiger partial charge on any atom is -0.382 e. The molecule has 0 atom stereocenters. The predicted octanol–water partition coefficient (Wildman–Crippen LogP) is 2.51. The lowest BCUT2D eigenvalue weighted by atomic mass is 10.0. The summed E-state index contributed by atoms with van der Waals surface area (Å²) >= 11 is 5.77. The summed E-state index contributed by atoms with van der Waals surface area (Å²) in [5.74, 6) is -0.842. The van der Waals surface area contributed by atoms with Gasteiger partial charge in [-0.25, -0.2) is 9.97 Å². The van der Waals surface area contributed by atoms with Crippen LogP contribution in [0.3, 0.4) is 0 Å². The highest BCUT2D eigenvalue weighted by Crippen LogP contribution is 2.18. The van der Waals surface area contributed by atoms with Crippen LogP contribution >= 0.6 is 11.6 Å². The number of guanidine groups is 1. The molecule has 9 heteroatoms. The van der Waals surface area contributed by atoms with Crippen molar-refractivity contribution in [2.24, 2.45) is 10.7 Å². The average molecular weight is 412 g/mol. The van der Waals surface area contributed by atoms with Crippen LogP contribution in [0.4, 0.5) is 11.6 Å². The molecule has 1 heterocycles. The van der Waals surface area contributed by atoms with Gasteiger partial charge in [0.1, 0.15) is 0 Å². The van der Waals surface area contributed by atoms with Gasteiger partial charge in [0.15, 0.2) is 28.4 Å². The van der Waals surface area contributed by atoms with E-state index in [0.717, 1.165) is 19.3 Å². The van der Waals surface area contributed by atoms with Crippen LogP contribution in [0.25, 0.3) is 10.8 Å². The number of nitrogens with one attached hydrogen (secondary N) is 1. The number of anilines is 2. The van der Waals surface area contributed by atoms with Crippen molar-refractivity contribution in [2.75, 3.05) is 18.0 Å². The van der Waals surface area contributed by atoms with E-state index >= 15 is 0 Å². The Morgan fingerprint density at radius 1 is 1.03 bits per heavy atom. The fraction of sp³-hybridized carbons (Fsp3) is 0.200. The average Bonchev–Trinajstić information content (AvgIpc) is 2.70. The number of unbranched alkanes of at least 4 members (excludes halogenated alkanes) is 1. The number of carbonyl (C=O) groups is 1. The maximum atomic E-state index is 12.2. The van der Waals surface area contributed by atoms with Crippen molar-refractivity contribution in [2.45, 2.75) is 19.3 Å². The Labute approximate surface area is 173 Å². The summed E-state index contributed by atoms with van der Waals surface area (Å²) in [5.41, 5.74) is 18.0. The largest absolute Gasteiger partial charge is 0.382 e. The molecule has 0 unspecified atom stereocenters. The Bertz CT molecular complexity index is 1070. The van der Waals surface area contributed by atoms with Gasteiger partial charge in [0, 0.05) is 6.54 Å². The number of nitrogen functional groups attached to an aromatic ring is 2. The first-order chi connectivity index (χ1) is 13.9. The van der Waals surface area contributed by atoms with E-state index in [9.17, 15) is 4.79 Å². The van der Waals surface area contributed by atoms with E-state index < -0.39 is 5.91 Å². The van der Waals surface area contributed by atoms with Gasteiger partial charge in [-0.2, -0.15) is 0 Å². The van der Waals surface area contributed by atoms with Crippen molar-refractivity contribution in [1.29, 1.82) is 0 Å². The molecule has 29 heavy (non-hydrogen) atoms. The number of nitrogens with zero attached hydrogens (tertiary/aromatic N) is 3. The fourth-order valence-corrected chi connectivity index (χ4v) is 2.99. The number of aliphatic imine (C=N–C) groups is 1. The predicted molar refractivity (Wildman–Crippen MR) is 117 cm³/mol. The van der Waals surface area contributed by atoms with Gasteiger partial charge in [-0.3, -0.25) is 15.1 Å². The molecule has 150 valence electrons. The molecule has 0 spiro atoms. The first-order valence-corrected chi connectivity index (χ1v) is 9.49. The first-order valence-electron chi connectivity index (χ1n) is 9.11. The van der Waals surface area contributed by atoms with E-state index in [-0.39, 0.29) is 28.4 Å². The number of halogens is 1. The second kappa shape index (κ2) is 9.20. The lowest BCUT2D eigenvalue weighted by molar-refractivity contribution is 0.0972. The van der Waals surface area contributed by atoms with Gasteiger partial charge in [-0.05, 0) is 35.6 Å².